The Balaban J connectivity index is 1.74. The predicted octanol–water partition coefficient (Wildman–Crippen LogP) is 4.20. The van der Waals surface area contributed by atoms with Gasteiger partial charge in [0, 0.05) is 21.7 Å². The highest BCUT2D eigenvalue weighted by molar-refractivity contribution is 14.1. The van der Waals surface area contributed by atoms with Gasteiger partial charge in [-0.05, 0) is 72.2 Å². The standard InChI is InChI=1S/C19H19F2IN2O3/c1-11-8-12(22)2-3-16(11)23-17-10-15(21)14(20)9-13(17)18(25)24-27-7-6-19(26)4-5-19/h2-3,8-10,23,26H,4-7H2,1H3,(H,24,25). The van der Waals surface area contributed by atoms with Gasteiger partial charge in [-0.3, -0.25) is 9.63 Å². The van der Waals surface area contributed by atoms with Gasteiger partial charge in [0.2, 0.25) is 0 Å². The highest BCUT2D eigenvalue weighted by Crippen LogP contribution is 2.38. The van der Waals surface area contributed by atoms with Crippen molar-refractivity contribution in [1.29, 1.82) is 0 Å². The molecule has 0 saturated heterocycles. The number of hydrogen-bond acceptors (Lipinski definition) is 4. The Hall–Kier alpha value is -1.78. The maximum Gasteiger partial charge on any atom is 0.277 e. The van der Waals surface area contributed by atoms with E-state index < -0.39 is 23.1 Å². The summed E-state index contributed by atoms with van der Waals surface area (Å²) in [6.07, 6.45) is 1.84. The zero-order valence-corrected chi connectivity index (χ0v) is 16.8. The number of anilines is 2. The van der Waals surface area contributed by atoms with Crippen LogP contribution in [-0.2, 0) is 4.84 Å². The van der Waals surface area contributed by atoms with E-state index in [2.05, 4.69) is 33.4 Å². The first-order chi connectivity index (χ1) is 12.8. The van der Waals surface area contributed by atoms with Crippen LogP contribution in [0.4, 0.5) is 20.2 Å². The summed E-state index contributed by atoms with van der Waals surface area (Å²) in [5, 5.41) is 12.7. The van der Waals surface area contributed by atoms with Crippen LogP contribution in [0, 0.1) is 22.1 Å². The van der Waals surface area contributed by atoms with Crippen molar-refractivity contribution in [3.8, 4) is 0 Å². The van der Waals surface area contributed by atoms with Crippen LogP contribution >= 0.6 is 22.6 Å². The van der Waals surface area contributed by atoms with E-state index in [1.165, 1.54) is 0 Å². The van der Waals surface area contributed by atoms with Crippen molar-refractivity contribution in [1.82, 2.24) is 5.48 Å². The van der Waals surface area contributed by atoms with Crippen LogP contribution < -0.4 is 10.8 Å². The topological polar surface area (TPSA) is 70.6 Å². The molecule has 1 fully saturated rings. The molecule has 1 aliphatic rings. The van der Waals surface area contributed by atoms with Gasteiger partial charge in [-0.15, -0.1) is 0 Å². The molecule has 3 rings (SSSR count). The fraction of sp³-hybridized carbons (Fsp3) is 0.316. The van der Waals surface area contributed by atoms with Crippen LogP contribution in [0.25, 0.3) is 0 Å². The minimum atomic E-state index is -1.13. The van der Waals surface area contributed by atoms with Crippen LogP contribution in [0.15, 0.2) is 30.3 Å². The van der Waals surface area contributed by atoms with Crippen molar-refractivity contribution in [3.05, 3.63) is 56.7 Å². The van der Waals surface area contributed by atoms with Gasteiger partial charge in [0.05, 0.1) is 23.5 Å². The lowest BCUT2D eigenvalue weighted by Gasteiger charge is -2.15. The van der Waals surface area contributed by atoms with Gasteiger partial charge in [-0.2, -0.15) is 0 Å². The highest BCUT2D eigenvalue weighted by atomic mass is 127. The third-order valence-electron chi connectivity index (χ3n) is 4.42. The number of carbonyl (C=O) groups excluding carboxylic acids is 1. The number of hydrogen-bond donors (Lipinski definition) is 3. The van der Waals surface area contributed by atoms with E-state index in [-0.39, 0.29) is 17.9 Å². The number of halogens is 3. The van der Waals surface area contributed by atoms with Crippen molar-refractivity contribution >= 4 is 39.9 Å². The number of carbonyl (C=O) groups is 1. The first-order valence-electron chi connectivity index (χ1n) is 8.44. The monoisotopic (exact) mass is 488 g/mol. The van der Waals surface area contributed by atoms with E-state index in [0.29, 0.717) is 12.1 Å². The molecule has 5 nitrogen and oxygen atoms in total. The van der Waals surface area contributed by atoms with E-state index in [1.807, 2.05) is 19.1 Å². The van der Waals surface area contributed by atoms with Gasteiger partial charge in [0.25, 0.3) is 5.91 Å². The van der Waals surface area contributed by atoms with E-state index in [0.717, 1.165) is 34.1 Å². The summed E-state index contributed by atoms with van der Waals surface area (Å²) < 4.78 is 28.4. The van der Waals surface area contributed by atoms with Crippen LogP contribution in [0.1, 0.15) is 35.2 Å². The summed E-state index contributed by atoms with van der Waals surface area (Å²) >= 11 is 2.17. The first kappa shape index (κ1) is 20.0. The lowest BCUT2D eigenvalue weighted by Crippen LogP contribution is -2.26. The predicted molar refractivity (Wildman–Crippen MR) is 106 cm³/mol. The third-order valence-corrected chi connectivity index (χ3v) is 5.10. The van der Waals surface area contributed by atoms with Gasteiger partial charge in [0.15, 0.2) is 11.6 Å². The second-order valence-electron chi connectivity index (χ2n) is 6.65. The molecule has 0 heterocycles. The van der Waals surface area contributed by atoms with E-state index >= 15 is 0 Å². The number of hydroxylamine groups is 1. The van der Waals surface area contributed by atoms with E-state index in [9.17, 15) is 18.7 Å². The summed E-state index contributed by atoms with van der Waals surface area (Å²) in [4.78, 5) is 17.4. The minimum Gasteiger partial charge on any atom is -0.390 e. The van der Waals surface area contributed by atoms with Gasteiger partial charge < -0.3 is 10.4 Å². The average Bonchev–Trinajstić information content (AvgIpc) is 3.34. The molecule has 0 aromatic heterocycles. The Kier molecular flexibility index (Phi) is 5.97. The SMILES string of the molecule is Cc1cc(I)ccc1Nc1cc(F)c(F)cc1C(=O)NOCCC1(O)CC1. The Morgan fingerprint density at radius 2 is 1.93 bits per heavy atom. The van der Waals surface area contributed by atoms with Gasteiger partial charge in [-0.1, -0.05) is 0 Å². The van der Waals surface area contributed by atoms with Crippen LogP contribution in [-0.4, -0.2) is 23.2 Å². The highest BCUT2D eigenvalue weighted by Gasteiger charge is 2.39. The second-order valence-corrected chi connectivity index (χ2v) is 7.90. The summed E-state index contributed by atoms with van der Waals surface area (Å²) in [7, 11) is 0. The van der Waals surface area contributed by atoms with Crippen LogP contribution in [0.3, 0.4) is 0 Å². The molecule has 0 atom stereocenters. The quantitative estimate of drug-likeness (QED) is 0.311. The van der Waals surface area contributed by atoms with Gasteiger partial charge in [0.1, 0.15) is 0 Å². The normalized spacial score (nSPS) is 14.7. The van der Waals surface area contributed by atoms with Gasteiger partial charge >= 0.3 is 0 Å². The summed E-state index contributed by atoms with van der Waals surface area (Å²) in [5.41, 5.74) is 3.13. The molecule has 144 valence electrons. The molecule has 0 radical (unpaired) electrons. The van der Waals surface area contributed by atoms with Crippen molar-refractivity contribution < 1.29 is 23.5 Å². The molecule has 8 heteroatoms. The molecule has 2 aromatic rings. The molecule has 27 heavy (non-hydrogen) atoms. The lowest BCUT2D eigenvalue weighted by molar-refractivity contribution is 0.0120. The molecule has 1 saturated carbocycles. The smallest absolute Gasteiger partial charge is 0.277 e. The number of benzene rings is 2. The van der Waals surface area contributed by atoms with Crippen LogP contribution in [0.2, 0.25) is 0 Å². The maximum atomic E-state index is 13.7. The van der Waals surface area contributed by atoms with Crippen molar-refractivity contribution in [3.63, 3.8) is 0 Å². The summed E-state index contributed by atoms with van der Waals surface area (Å²) in [5.74, 6) is -2.89. The molecule has 0 bridgehead atoms. The first-order valence-corrected chi connectivity index (χ1v) is 9.52. The van der Waals surface area contributed by atoms with Crippen molar-refractivity contribution in [2.24, 2.45) is 0 Å². The molecular weight excluding hydrogens is 469 g/mol. The number of nitrogens with one attached hydrogen (secondary N) is 2. The largest absolute Gasteiger partial charge is 0.390 e. The third kappa shape index (κ3) is 5.14. The fourth-order valence-corrected chi connectivity index (χ4v) is 3.20. The summed E-state index contributed by atoms with van der Waals surface area (Å²) in [6, 6.07) is 7.35. The molecule has 1 aliphatic carbocycles. The fourth-order valence-electron chi connectivity index (χ4n) is 2.56. The Labute approximate surface area is 169 Å². The number of aliphatic hydroxyl groups is 1. The maximum absolute atomic E-state index is 13.7. The number of aryl methyl sites for hydroxylation is 1. The number of rotatable bonds is 7. The van der Waals surface area contributed by atoms with E-state index in [4.69, 9.17) is 4.84 Å². The zero-order valence-electron chi connectivity index (χ0n) is 14.6. The van der Waals surface area contributed by atoms with Gasteiger partial charge in [-0.25, -0.2) is 14.3 Å². The van der Waals surface area contributed by atoms with Crippen molar-refractivity contribution in [2.75, 3.05) is 11.9 Å². The van der Waals surface area contributed by atoms with E-state index in [1.54, 1.807) is 6.07 Å². The number of amides is 1. The molecule has 0 spiro atoms. The molecule has 2 aromatic carbocycles. The second kappa shape index (κ2) is 8.07. The molecular formula is C19H19F2IN2O3. The Bertz CT molecular complexity index is 872. The minimum absolute atomic E-state index is 0.0861. The van der Waals surface area contributed by atoms with Crippen LogP contribution in [0.5, 0.6) is 0 Å². The average molecular weight is 488 g/mol. The zero-order chi connectivity index (χ0) is 19.6. The molecule has 1 amide bonds. The molecule has 0 aliphatic heterocycles. The molecule has 0 unspecified atom stereocenters. The lowest BCUT2D eigenvalue weighted by atomic mass is 10.1. The van der Waals surface area contributed by atoms with Crippen molar-refractivity contribution in [2.45, 2.75) is 31.8 Å². The Morgan fingerprint density at radius 3 is 2.59 bits per heavy atom. The Morgan fingerprint density at radius 1 is 1.22 bits per heavy atom. The molecule has 3 N–H and O–H groups in total. The summed E-state index contributed by atoms with van der Waals surface area (Å²) in [6.45, 7) is 2.00.